The fourth-order valence-corrected chi connectivity index (χ4v) is 2.73. The van der Waals surface area contributed by atoms with Gasteiger partial charge in [-0.15, -0.1) is 0 Å². The van der Waals surface area contributed by atoms with E-state index in [9.17, 15) is 4.79 Å². The van der Waals surface area contributed by atoms with Crippen LogP contribution < -0.4 is 10.9 Å². The molecule has 0 bridgehead atoms. The van der Waals surface area contributed by atoms with Crippen molar-refractivity contribution in [3.63, 3.8) is 0 Å². The molecule has 4 nitrogen and oxygen atoms in total. The van der Waals surface area contributed by atoms with Crippen LogP contribution in [0.25, 0.3) is 0 Å². The van der Waals surface area contributed by atoms with E-state index in [2.05, 4.69) is 32.9 Å². The van der Waals surface area contributed by atoms with E-state index in [1.807, 2.05) is 11.5 Å². The average Bonchev–Trinajstić information content (AvgIpc) is 2.35. The predicted octanol–water partition coefficient (Wildman–Crippen LogP) is 1.55. The lowest BCUT2D eigenvalue weighted by Gasteiger charge is -2.23. The van der Waals surface area contributed by atoms with E-state index >= 15 is 0 Å². The van der Waals surface area contributed by atoms with E-state index in [0.29, 0.717) is 3.57 Å². The first-order valence-corrected chi connectivity index (χ1v) is 7.19. The summed E-state index contributed by atoms with van der Waals surface area (Å²) in [6.45, 7) is 4.94. The van der Waals surface area contributed by atoms with Gasteiger partial charge in [-0.1, -0.05) is 0 Å². The summed E-state index contributed by atoms with van der Waals surface area (Å²) in [7, 11) is 0. The number of hydrogen-bond donors (Lipinski definition) is 1. The summed E-state index contributed by atoms with van der Waals surface area (Å²) in [6.07, 6.45) is 5.19. The van der Waals surface area contributed by atoms with Crippen LogP contribution in [0.5, 0.6) is 0 Å². The summed E-state index contributed by atoms with van der Waals surface area (Å²) in [5, 5.41) is 3.36. The van der Waals surface area contributed by atoms with Crippen molar-refractivity contribution in [1.29, 1.82) is 0 Å². The van der Waals surface area contributed by atoms with Crippen molar-refractivity contribution in [2.75, 3.05) is 13.1 Å². The van der Waals surface area contributed by atoms with E-state index in [1.54, 1.807) is 6.20 Å². The Bertz CT molecular complexity index is 438. The third-order valence-corrected chi connectivity index (χ3v) is 4.16. The molecule has 0 aromatic carbocycles. The minimum Gasteiger partial charge on any atom is -0.317 e. The monoisotopic (exact) mass is 347 g/mol. The number of aryl methyl sites for hydroxylation is 1. The Hall–Kier alpha value is -0.430. The first kappa shape index (κ1) is 13.0. The summed E-state index contributed by atoms with van der Waals surface area (Å²) >= 11 is 2.05. The number of rotatable bonds is 3. The Kier molecular flexibility index (Phi) is 4.55. The van der Waals surface area contributed by atoms with Crippen LogP contribution in [0.1, 0.15) is 25.1 Å². The van der Waals surface area contributed by atoms with Gasteiger partial charge in [0.25, 0.3) is 5.56 Å². The van der Waals surface area contributed by atoms with Crippen LogP contribution >= 0.6 is 22.6 Å². The van der Waals surface area contributed by atoms with Crippen molar-refractivity contribution in [3.8, 4) is 0 Å². The predicted molar refractivity (Wildman–Crippen MR) is 76.2 cm³/mol. The second-order valence-corrected chi connectivity index (χ2v) is 5.75. The third kappa shape index (κ3) is 3.28. The Morgan fingerprint density at radius 2 is 2.24 bits per heavy atom. The average molecular weight is 347 g/mol. The maximum absolute atomic E-state index is 12.0. The Morgan fingerprint density at radius 3 is 2.94 bits per heavy atom. The molecule has 1 aromatic rings. The van der Waals surface area contributed by atoms with Crippen LogP contribution in [-0.4, -0.2) is 22.6 Å². The highest BCUT2D eigenvalue weighted by Gasteiger charge is 2.14. The maximum atomic E-state index is 12.0. The molecule has 0 radical (unpaired) electrons. The molecular weight excluding hydrogens is 329 g/mol. The van der Waals surface area contributed by atoms with Gasteiger partial charge in [0, 0.05) is 12.7 Å². The van der Waals surface area contributed by atoms with E-state index in [1.165, 1.54) is 12.8 Å². The van der Waals surface area contributed by atoms with Gasteiger partial charge in [0.2, 0.25) is 0 Å². The van der Waals surface area contributed by atoms with E-state index < -0.39 is 0 Å². The normalized spacial score (nSPS) is 17.3. The molecule has 1 fully saturated rings. The minimum absolute atomic E-state index is 0.104. The fourth-order valence-electron chi connectivity index (χ4n) is 2.30. The Morgan fingerprint density at radius 1 is 1.53 bits per heavy atom. The SMILES string of the molecule is Cc1ncc(I)c(=O)n1CCC1CCNCC1. The van der Waals surface area contributed by atoms with Crippen LogP contribution in [0.4, 0.5) is 0 Å². The van der Waals surface area contributed by atoms with Gasteiger partial charge >= 0.3 is 0 Å². The highest BCUT2D eigenvalue weighted by molar-refractivity contribution is 14.1. The molecule has 94 valence electrons. The molecule has 0 aliphatic carbocycles. The molecule has 2 heterocycles. The van der Waals surface area contributed by atoms with Crippen molar-refractivity contribution < 1.29 is 0 Å². The number of aromatic nitrogens is 2. The van der Waals surface area contributed by atoms with Gasteiger partial charge in [-0.25, -0.2) is 4.98 Å². The Balaban J connectivity index is 2.03. The lowest BCUT2D eigenvalue weighted by Crippen LogP contribution is -2.30. The maximum Gasteiger partial charge on any atom is 0.266 e. The molecule has 1 aromatic heterocycles. The van der Waals surface area contributed by atoms with Crippen LogP contribution in [0.3, 0.4) is 0 Å². The zero-order chi connectivity index (χ0) is 12.3. The van der Waals surface area contributed by atoms with Crippen molar-refractivity contribution in [3.05, 3.63) is 25.9 Å². The Labute approximate surface area is 115 Å². The number of hydrogen-bond acceptors (Lipinski definition) is 3. The highest BCUT2D eigenvalue weighted by Crippen LogP contribution is 2.16. The standard InChI is InChI=1S/C12H18IN3O/c1-9-15-8-11(13)12(17)16(9)7-4-10-2-5-14-6-3-10/h8,10,14H,2-7H2,1H3. The van der Waals surface area contributed by atoms with Gasteiger partial charge in [0.15, 0.2) is 0 Å². The molecular formula is C12H18IN3O. The van der Waals surface area contributed by atoms with Crippen LogP contribution in [0.15, 0.2) is 11.0 Å². The molecule has 1 saturated heterocycles. The number of halogens is 1. The number of nitrogens with one attached hydrogen (secondary N) is 1. The first-order valence-electron chi connectivity index (χ1n) is 6.11. The zero-order valence-corrected chi connectivity index (χ0v) is 12.2. The number of nitrogens with zero attached hydrogens (tertiary/aromatic N) is 2. The fraction of sp³-hybridized carbons (Fsp3) is 0.667. The first-order chi connectivity index (χ1) is 8.18. The molecule has 0 amide bonds. The van der Waals surface area contributed by atoms with Crippen LogP contribution in [0, 0.1) is 16.4 Å². The summed E-state index contributed by atoms with van der Waals surface area (Å²) in [5.74, 6) is 1.57. The lowest BCUT2D eigenvalue weighted by atomic mass is 9.95. The van der Waals surface area contributed by atoms with Crippen molar-refractivity contribution in [1.82, 2.24) is 14.9 Å². The lowest BCUT2D eigenvalue weighted by molar-refractivity contribution is 0.334. The van der Waals surface area contributed by atoms with E-state index in [4.69, 9.17) is 0 Å². The third-order valence-electron chi connectivity index (χ3n) is 3.42. The van der Waals surface area contributed by atoms with Crippen molar-refractivity contribution in [2.24, 2.45) is 5.92 Å². The summed E-state index contributed by atoms with van der Waals surface area (Å²) in [5.41, 5.74) is 0.104. The van der Waals surface area contributed by atoms with E-state index in [0.717, 1.165) is 37.8 Å². The molecule has 1 N–H and O–H groups in total. The van der Waals surface area contributed by atoms with Crippen molar-refractivity contribution >= 4 is 22.6 Å². The number of piperidine rings is 1. The van der Waals surface area contributed by atoms with Crippen molar-refractivity contribution in [2.45, 2.75) is 32.7 Å². The van der Waals surface area contributed by atoms with Gasteiger partial charge in [0.05, 0.1) is 3.57 Å². The smallest absolute Gasteiger partial charge is 0.266 e. The molecule has 1 aliphatic rings. The molecule has 5 heteroatoms. The van der Waals surface area contributed by atoms with E-state index in [-0.39, 0.29) is 5.56 Å². The van der Waals surface area contributed by atoms with Gasteiger partial charge in [0.1, 0.15) is 5.82 Å². The largest absolute Gasteiger partial charge is 0.317 e. The summed E-state index contributed by atoms with van der Waals surface area (Å²) in [4.78, 5) is 16.2. The zero-order valence-electron chi connectivity index (χ0n) is 10.1. The summed E-state index contributed by atoms with van der Waals surface area (Å²) in [6, 6.07) is 0. The van der Waals surface area contributed by atoms with Crippen LogP contribution in [0.2, 0.25) is 0 Å². The molecule has 0 saturated carbocycles. The molecule has 0 spiro atoms. The minimum atomic E-state index is 0.104. The molecule has 2 rings (SSSR count). The van der Waals surface area contributed by atoms with Gasteiger partial charge in [-0.2, -0.15) is 0 Å². The molecule has 1 aliphatic heterocycles. The quantitative estimate of drug-likeness (QED) is 0.844. The van der Waals surface area contributed by atoms with Gasteiger partial charge in [-0.3, -0.25) is 9.36 Å². The summed E-state index contributed by atoms with van der Waals surface area (Å²) < 4.78 is 2.52. The molecule has 0 atom stereocenters. The topological polar surface area (TPSA) is 46.9 Å². The van der Waals surface area contributed by atoms with Gasteiger partial charge in [-0.05, 0) is 67.8 Å². The second-order valence-electron chi connectivity index (χ2n) is 4.59. The van der Waals surface area contributed by atoms with Crippen LogP contribution in [-0.2, 0) is 6.54 Å². The molecule has 0 unspecified atom stereocenters. The molecule has 17 heavy (non-hydrogen) atoms. The highest BCUT2D eigenvalue weighted by atomic mass is 127. The van der Waals surface area contributed by atoms with Gasteiger partial charge < -0.3 is 5.32 Å². The second kappa shape index (κ2) is 5.95.